The average Bonchev–Trinajstić information content (AvgIpc) is 2.58. The Labute approximate surface area is 89.8 Å². The summed E-state index contributed by atoms with van der Waals surface area (Å²) in [6.07, 6.45) is 9.93. The summed E-state index contributed by atoms with van der Waals surface area (Å²) in [7, 11) is 0. The van der Waals surface area contributed by atoms with Gasteiger partial charge in [-0.05, 0) is 41.8 Å². The zero-order valence-electron chi connectivity index (χ0n) is 8.41. The second kappa shape index (κ2) is 5.32. The molecule has 1 N–H and O–H groups in total. The van der Waals surface area contributed by atoms with Crippen molar-refractivity contribution in [3.8, 4) is 0 Å². The fourth-order valence-corrected chi connectivity index (χ4v) is 2.45. The van der Waals surface area contributed by atoms with Gasteiger partial charge in [0.2, 0.25) is 0 Å². The van der Waals surface area contributed by atoms with Crippen molar-refractivity contribution in [3.05, 3.63) is 28.5 Å². The van der Waals surface area contributed by atoms with Gasteiger partial charge in [0.15, 0.2) is 0 Å². The van der Waals surface area contributed by atoms with Gasteiger partial charge in [0, 0.05) is 6.04 Å². The third-order valence-corrected chi connectivity index (χ3v) is 3.36. The molecule has 14 heavy (non-hydrogen) atoms. The van der Waals surface area contributed by atoms with Gasteiger partial charge in [0.05, 0.1) is 0 Å². The molecular weight excluding hydrogens is 190 g/mol. The molecule has 0 amide bonds. The summed E-state index contributed by atoms with van der Waals surface area (Å²) in [6, 6.07) is 2.76. The Morgan fingerprint density at radius 3 is 3.21 bits per heavy atom. The normalized spacial score (nSPS) is 23.9. The van der Waals surface area contributed by atoms with Crippen LogP contribution in [0.5, 0.6) is 0 Å². The number of hydrogen-bond donors (Lipinski definition) is 1. The van der Waals surface area contributed by atoms with Gasteiger partial charge in [0.25, 0.3) is 0 Å². The van der Waals surface area contributed by atoms with Crippen molar-refractivity contribution < 1.29 is 0 Å². The van der Waals surface area contributed by atoms with E-state index >= 15 is 0 Å². The van der Waals surface area contributed by atoms with Crippen LogP contribution in [0, 0.1) is 0 Å². The zero-order valence-corrected chi connectivity index (χ0v) is 9.22. The molecule has 1 aromatic heterocycles. The highest BCUT2D eigenvalue weighted by Gasteiger charge is 2.06. The predicted molar refractivity (Wildman–Crippen MR) is 63.6 cm³/mol. The second-order valence-electron chi connectivity index (χ2n) is 3.83. The molecule has 76 valence electrons. The highest BCUT2D eigenvalue weighted by Crippen LogP contribution is 2.12. The van der Waals surface area contributed by atoms with E-state index in [4.69, 9.17) is 0 Å². The molecule has 0 aromatic carbocycles. The van der Waals surface area contributed by atoms with Gasteiger partial charge in [-0.1, -0.05) is 25.0 Å². The lowest BCUT2D eigenvalue weighted by atomic mass is 10.1. The molecule has 1 aliphatic heterocycles. The van der Waals surface area contributed by atoms with E-state index in [0.29, 0.717) is 6.04 Å². The summed E-state index contributed by atoms with van der Waals surface area (Å²) in [5, 5.41) is 7.87. The maximum atomic E-state index is 3.56. The molecule has 1 aromatic rings. The van der Waals surface area contributed by atoms with Crippen LogP contribution >= 0.6 is 11.3 Å². The lowest BCUT2D eigenvalue weighted by Crippen LogP contribution is -2.25. The molecule has 1 unspecified atom stereocenters. The number of hydrogen-bond acceptors (Lipinski definition) is 2. The largest absolute Gasteiger partial charge is 0.311 e. The minimum absolute atomic E-state index is 0.595. The van der Waals surface area contributed by atoms with Crippen LogP contribution < -0.4 is 5.32 Å². The van der Waals surface area contributed by atoms with Crippen LogP contribution in [-0.2, 0) is 0 Å². The molecule has 2 rings (SSSR count). The summed E-state index contributed by atoms with van der Waals surface area (Å²) in [5.74, 6) is 0. The van der Waals surface area contributed by atoms with Crippen LogP contribution in [0.25, 0.3) is 6.08 Å². The minimum atomic E-state index is 0.595. The van der Waals surface area contributed by atoms with Gasteiger partial charge in [-0.2, -0.15) is 11.3 Å². The lowest BCUT2D eigenvalue weighted by Gasteiger charge is -2.09. The van der Waals surface area contributed by atoms with E-state index in [9.17, 15) is 0 Å². The van der Waals surface area contributed by atoms with Crippen LogP contribution in [-0.4, -0.2) is 12.6 Å². The summed E-state index contributed by atoms with van der Waals surface area (Å²) in [5.41, 5.74) is 1.33. The topological polar surface area (TPSA) is 12.0 Å². The fourth-order valence-electron chi connectivity index (χ4n) is 1.82. The molecule has 2 heterocycles. The molecule has 2 heteroatoms. The van der Waals surface area contributed by atoms with Gasteiger partial charge in [-0.3, -0.25) is 0 Å². The first-order chi connectivity index (χ1) is 6.95. The van der Waals surface area contributed by atoms with Crippen molar-refractivity contribution in [1.29, 1.82) is 0 Å². The Balaban J connectivity index is 1.89. The van der Waals surface area contributed by atoms with Crippen molar-refractivity contribution >= 4 is 17.4 Å². The van der Waals surface area contributed by atoms with Gasteiger partial charge < -0.3 is 5.32 Å². The van der Waals surface area contributed by atoms with Crippen molar-refractivity contribution in [3.63, 3.8) is 0 Å². The minimum Gasteiger partial charge on any atom is -0.311 e. The summed E-state index contributed by atoms with van der Waals surface area (Å²) in [4.78, 5) is 0. The van der Waals surface area contributed by atoms with Crippen LogP contribution in [0.4, 0.5) is 0 Å². The number of thiophene rings is 1. The molecule has 1 saturated heterocycles. The van der Waals surface area contributed by atoms with Crippen LogP contribution in [0.2, 0.25) is 0 Å². The smallest absolute Gasteiger partial charge is 0.0253 e. The first kappa shape index (κ1) is 9.94. The Kier molecular flexibility index (Phi) is 3.78. The Morgan fingerprint density at radius 2 is 2.36 bits per heavy atom. The zero-order chi connectivity index (χ0) is 9.64. The SMILES string of the molecule is C(=C\C1CCCCCN1)/c1ccsc1. The van der Waals surface area contributed by atoms with E-state index in [1.807, 2.05) is 0 Å². The van der Waals surface area contributed by atoms with E-state index in [1.165, 1.54) is 37.8 Å². The molecule has 0 bridgehead atoms. The summed E-state index contributed by atoms with van der Waals surface area (Å²) >= 11 is 1.76. The molecule has 0 spiro atoms. The monoisotopic (exact) mass is 207 g/mol. The lowest BCUT2D eigenvalue weighted by molar-refractivity contribution is 0.599. The maximum Gasteiger partial charge on any atom is 0.0253 e. The molecule has 1 nitrogen and oxygen atoms in total. The third-order valence-electron chi connectivity index (χ3n) is 2.66. The van der Waals surface area contributed by atoms with Crippen molar-refractivity contribution in [2.75, 3.05) is 6.54 Å². The van der Waals surface area contributed by atoms with Crippen LogP contribution in [0.1, 0.15) is 31.2 Å². The highest BCUT2D eigenvalue weighted by molar-refractivity contribution is 7.08. The van der Waals surface area contributed by atoms with Gasteiger partial charge in [-0.25, -0.2) is 0 Å². The van der Waals surface area contributed by atoms with E-state index in [2.05, 4.69) is 34.3 Å². The second-order valence-corrected chi connectivity index (χ2v) is 4.61. The third kappa shape index (κ3) is 2.96. The Morgan fingerprint density at radius 1 is 1.36 bits per heavy atom. The quantitative estimate of drug-likeness (QED) is 0.784. The molecule has 0 saturated carbocycles. The summed E-state index contributed by atoms with van der Waals surface area (Å²) in [6.45, 7) is 1.18. The molecule has 1 aliphatic rings. The van der Waals surface area contributed by atoms with Gasteiger partial charge in [-0.15, -0.1) is 0 Å². The van der Waals surface area contributed by atoms with E-state index in [-0.39, 0.29) is 0 Å². The summed E-state index contributed by atoms with van der Waals surface area (Å²) < 4.78 is 0. The van der Waals surface area contributed by atoms with E-state index in [1.54, 1.807) is 11.3 Å². The molecule has 0 radical (unpaired) electrons. The highest BCUT2D eigenvalue weighted by atomic mass is 32.1. The average molecular weight is 207 g/mol. The fraction of sp³-hybridized carbons (Fsp3) is 0.500. The standard InChI is InChI=1S/C12H17NS/c1-2-4-12(13-8-3-1)6-5-11-7-9-14-10-11/h5-7,9-10,12-13H,1-4,8H2/b6-5+. The Hall–Kier alpha value is -0.600. The van der Waals surface area contributed by atoms with E-state index < -0.39 is 0 Å². The number of nitrogens with one attached hydrogen (secondary N) is 1. The predicted octanol–water partition coefficient (Wildman–Crippen LogP) is 3.29. The Bertz CT molecular complexity index is 269. The van der Waals surface area contributed by atoms with Gasteiger partial charge in [0.1, 0.15) is 0 Å². The molecule has 0 aliphatic carbocycles. The first-order valence-electron chi connectivity index (χ1n) is 5.39. The van der Waals surface area contributed by atoms with E-state index in [0.717, 1.165) is 0 Å². The van der Waals surface area contributed by atoms with Crippen molar-refractivity contribution in [1.82, 2.24) is 5.32 Å². The van der Waals surface area contributed by atoms with Crippen molar-refractivity contribution in [2.45, 2.75) is 31.7 Å². The van der Waals surface area contributed by atoms with Gasteiger partial charge >= 0.3 is 0 Å². The maximum absolute atomic E-state index is 3.56. The molecule has 1 atom stereocenters. The van der Waals surface area contributed by atoms with Crippen molar-refractivity contribution in [2.24, 2.45) is 0 Å². The van der Waals surface area contributed by atoms with Crippen LogP contribution in [0.3, 0.4) is 0 Å². The van der Waals surface area contributed by atoms with Crippen LogP contribution in [0.15, 0.2) is 22.9 Å². The number of rotatable bonds is 2. The molecule has 1 fully saturated rings. The first-order valence-corrected chi connectivity index (χ1v) is 6.33. The molecular formula is C12H17NS.